The Morgan fingerprint density at radius 2 is 1.14 bits per heavy atom. The third kappa shape index (κ3) is 8.89. The quantitative estimate of drug-likeness (QED) is 0.119. The number of nitrogens with zero attached hydrogens (tertiary/aromatic N) is 9. The van der Waals surface area contributed by atoms with E-state index in [0.717, 1.165) is 104 Å². The maximum atomic E-state index is 14.7. The molecule has 58 heavy (non-hydrogen) atoms. The molecule has 1 aromatic heterocycles. The van der Waals surface area contributed by atoms with E-state index in [-0.39, 0.29) is 30.1 Å². The summed E-state index contributed by atoms with van der Waals surface area (Å²) in [5, 5.41) is 17.7. The molecule has 2 aromatic rings. The van der Waals surface area contributed by atoms with Crippen molar-refractivity contribution in [2.45, 2.75) is 25.9 Å². The smallest absolute Gasteiger partial charge is 0.263 e. The van der Waals surface area contributed by atoms with E-state index >= 15 is 0 Å². The lowest BCUT2D eigenvalue weighted by molar-refractivity contribution is 0.0360. The van der Waals surface area contributed by atoms with E-state index < -0.39 is 5.56 Å². The van der Waals surface area contributed by atoms with Crippen molar-refractivity contribution in [3.63, 3.8) is 0 Å². The van der Waals surface area contributed by atoms with Crippen molar-refractivity contribution in [2.24, 2.45) is 4.99 Å². The number of ether oxygens (including phenoxy) is 2. The first-order valence-electron chi connectivity index (χ1n) is 21.5. The summed E-state index contributed by atoms with van der Waals surface area (Å²) in [7, 11) is 4.30. The fourth-order valence-electron chi connectivity index (χ4n) is 9.12. The van der Waals surface area contributed by atoms with Crippen molar-refractivity contribution in [2.75, 3.05) is 164 Å². The average molecular weight is 803 g/mol. The van der Waals surface area contributed by atoms with E-state index in [0.29, 0.717) is 96.3 Å². The molecule has 6 aliphatic rings. The van der Waals surface area contributed by atoms with Gasteiger partial charge in [0.15, 0.2) is 0 Å². The van der Waals surface area contributed by atoms with Gasteiger partial charge in [0.1, 0.15) is 0 Å². The lowest BCUT2D eigenvalue weighted by Gasteiger charge is -2.32. The molecule has 0 saturated carbocycles. The molecular formula is C42H62N10O6. The summed E-state index contributed by atoms with van der Waals surface area (Å²) in [4.78, 5) is 63.1. The van der Waals surface area contributed by atoms with Gasteiger partial charge in [-0.3, -0.25) is 38.3 Å². The van der Waals surface area contributed by atoms with Crippen molar-refractivity contribution in [1.82, 2.24) is 38.5 Å². The van der Waals surface area contributed by atoms with Crippen molar-refractivity contribution in [3.05, 3.63) is 48.6 Å². The molecular weight excluding hydrogens is 741 g/mol. The Morgan fingerprint density at radius 1 is 0.603 bits per heavy atom. The number of hydrogen-bond acceptors (Lipinski definition) is 14. The van der Waals surface area contributed by atoms with Gasteiger partial charge < -0.3 is 39.5 Å². The van der Waals surface area contributed by atoms with Crippen LogP contribution in [0.2, 0.25) is 0 Å². The van der Waals surface area contributed by atoms with Crippen LogP contribution in [-0.2, 0) is 22.6 Å². The van der Waals surface area contributed by atoms with E-state index in [1.165, 1.54) is 9.13 Å². The largest absolute Gasteiger partial charge is 0.494 e. The number of anilines is 1. The van der Waals surface area contributed by atoms with Gasteiger partial charge in [-0.05, 0) is 52.2 Å². The number of morpholine rings is 2. The van der Waals surface area contributed by atoms with Crippen molar-refractivity contribution in [1.29, 1.82) is 0 Å². The second-order valence-corrected chi connectivity index (χ2v) is 16.7. The second kappa shape index (κ2) is 18.7. The van der Waals surface area contributed by atoms with Crippen molar-refractivity contribution >= 4 is 27.2 Å². The Kier molecular flexibility index (Phi) is 13.2. The highest BCUT2D eigenvalue weighted by atomic mass is 16.5. The van der Waals surface area contributed by atoms with E-state index in [4.69, 9.17) is 14.5 Å². The van der Waals surface area contributed by atoms with Gasteiger partial charge in [0.05, 0.1) is 48.1 Å². The number of pyridine rings is 2. The number of aromatic hydroxyl groups is 1. The Hall–Kier alpha value is -3.74. The standard InChI is InChI=1S/C42H62N10O6/c1-45-9-13-47(14-10-45)7-3-5-43-33-29-31-36-35-32(40(54)51(41(55)37(33)35)19-17-49-21-25-57-26-22-49)30-34(44-6-4-8-48-15-11-46(2)12-16-48)38(36)42(56)52(39(31)53)20-18-50-23-27-58-28-24-50/h29-30,43,53H,3-28H2,1-2H3. The Morgan fingerprint density at radius 3 is 1.74 bits per heavy atom. The normalized spacial score (nSPS) is 20.7. The van der Waals surface area contributed by atoms with Crippen LogP contribution in [0.25, 0.3) is 32.7 Å². The molecule has 0 amide bonds. The second-order valence-electron chi connectivity index (χ2n) is 16.7. The van der Waals surface area contributed by atoms with Gasteiger partial charge in [0.2, 0.25) is 5.88 Å². The van der Waals surface area contributed by atoms with Crippen LogP contribution in [0.4, 0.5) is 5.69 Å². The van der Waals surface area contributed by atoms with Crippen LogP contribution in [0, 0.1) is 0 Å². The minimum atomic E-state index is -0.397. The average Bonchev–Trinajstić information content (AvgIpc) is 3.24. The first kappa shape index (κ1) is 41.0. The van der Waals surface area contributed by atoms with Gasteiger partial charge in [-0.2, -0.15) is 0 Å². The highest BCUT2D eigenvalue weighted by Crippen LogP contribution is 2.40. The number of likely N-dealkylation sites (N-methyl/N-ethyl adjacent to an activating group) is 2. The summed E-state index contributed by atoms with van der Waals surface area (Å²) in [6.07, 6.45) is 1.66. The number of hydrogen-bond donors (Lipinski definition) is 2. The topological polar surface area (TPSA) is 144 Å². The predicted molar refractivity (Wildman–Crippen MR) is 227 cm³/mol. The number of benzene rings is 2. The zero-order valence-corrected chi connectivity index (χ0v) is 34.6. The highest BCUT2D eigenvalue weighted by Gasteiger charge is 2.30. The fraction of sp³-hybridized carbons (Fsp3) is 0.667. The predicted octanol–water partition coefficient (Wildman–Crippen LogP) is -0.385. The molecule has 16 heteroatoms. The SMILES string of the molecule is CN1CCN(CCCN=c2cc3c(=O)n(CCN4CCOCC4)c(=O)c4c(NCCCN5CCN(C)CC5)cc5c(O)n(CCN6CCOCC6)c(=O)c2c5c4-3)CC1. The monoisotopic (exact) mass is 802 g/mol. The number of aromatic nitrogens is 2. The Balaban J connectivity index is 1.23. The molecule has 0 unspecified atom stereocenters. The first-order chi connectivity index (χ1) is 28.3. The first-order valence-corrected chi connectivity index (χ1v) is 21.5. The molecule has 8 rings (SSSR count). The molecule has 4 saturated heterocycles. The van der Waals surface area contributed by atoms with Crippen LogP contribution in [0.5, 0.6) is 5.88 Å². The van der Waals surface area contributed by atoms with Crippen molar-refractivity contribution < 1.29 is 14.6 Å². The molecule has 16 nitrogen and oxygen atoms in total. The Bertz CT molecular complexity index is 2200. The zero-order valence-electron chi connectivity index (χ0n) is 34.6. The van der Waals surface area contributed by atoms with Gasteiger partial charge in [0, 0.05) is 140 Å². The van der Waals surface area contributed by atoms with Gasteiger partial charge >= 0.3 is 0 Å². The molecule has 4 fully saturated rings. The van der Waals surface area contributed by atoms with Crippen LogP contribution in [0.3, 0.4) is 0 Å². The number of rotatable bonds is 15. The van der Waals surface area contributed by atoms with Crippen LogP contribution in [-0.4, -0.2) is 202 Å². The van der Waals surface area contributed by atoms with Crippen LogP contribution < -0.4 is 27.4 Å². The summed E-state index contributed by atoms with van der Waals surface area (Å²) in [6, 6.07) is 3.57. The summed E-state index contributed by atoms with van der Waals surface area (Å²) in [6.45, 7) is 18.2. The molecule has 2 N–H and O–H groups in total. The van der Waals surface area contributed by atoms with Crippen LogP contribution in [0.1, 0.15) is 12.8 Å². The summed E-state index contributed by atoms with van der Waals surface area (Å²) >= 11 is 0. The van der Waals surface area contributed by atoms with Gasteiger partial charge in [-0.15, -0.1) is 0 Å². The van der Waals surface area contributed by atoms with Gasteiger partial charge in [-0.1, -0.05) is 0 Å². The molecule has 0 atom stereocenters. The van der Waals surface area contributed by atoms with E-state index in [2.05, 4.69) is 48.8 Å². The summed E-state index contributed by atoms with van der Waals surface area (Å²) in [5.41, 5.74) is 0.187. The minimum absolute atomic E-state index is 0.161. The molecule has 6 heterocycles. The maximum absolute atomic E-state index is 14.7. The molecule has 0 radical (unpaired) electrons. The van der Waals surface area contributed by atoms with Crippen molar-refractivity contribution in [3.8, 4) is 17.0 Å². The molecule has 5 aliphatic heterocycles. The number of nitrogens with one attached hydrogen (secondary N) is 1. The zero-order chi connectivity index (χ0) is 40.2. The van der Waals surface area contributed by atoms with Gasteiger partial charge in [0.25, 0.3) is 16.7 Å². The van der Waals surface area contributed by atoms with Gasteiger partial charge in [-0.25, -0.2) is 0 Å². The molecule has 0 bridgehead atoms. The van der Waals surface area contributed by atoms with E-state index in [1.807, 2.05) is 6.07 Å². The lowest BCUT2D eigenvalue weighted by atomic mass is 9.89. The molecule has 0 spiro atoms. The minimum Gasteiger partial charge on any atom is -0.494 e. The van der Waals surface area contributed by atoms with Crippen LogP contribution in [0.15, 0.2) is 31.5 Å². The van der Waals surface area contributed by atoms with E-state index in [9.17, 15) is 19.5 Å². The highest BCUT2D eigenvalue weighted by molar-refractivity contribution is 6.18. The summed E-state index contributed by atoms with van der Waals surface area (Å²) in [5.74, 6) is -0.161. The lowest BCUT2D eigenvalue weighted by Crippen LogP contribution is -2.44. The van der Waals surface area contributed by atoms with E-state index in [1.54, 1.807) is 6.07 Å². The summed E-state index contributed by atoms with van der Waals surface area (Å²) < 4.78 is 13.9. The molecule has 1 aromatic carbocycles. The third-order valence-electron chi connectivity index (χ3n) is 12.8. The third-order valence-corrected chi connectivity index (χ3v) is 12.8. The Labute approximate surface area is 339 Å². The molecule has 316 valence electrons. The van der Waals surface area contributed by atoms with Crippen LogP contribution >= 0.6 is 0 Å². The maximum Gasteiger partial charge on any atom is 0.263 e. The molecule has 1 aliphatic carbocycles. The number of piperazine rings is 2. The fourth-order valence-corrected chi connectivity index (χ4v) is 9.12.